The Kier molecular flexibility index (Phi) is 4.34. The highest BCUT2D eigenvalue weighted by molar-refractivity contribution is 5.83. The van der Waals surface area contributed by atoms with Crippen molar-refractivity contribution in [2.45, 2.75) is 38.0 Å². The van der Waals surface area contributed by atoms with Gasteiger partial charge in [0.2, 0.25) is 5.91 Å². The highest BCUT2D eigenvalue weighted by Gasteiger charge is 2.35. The molecule has 0 aliphatic carbocycles. The van der Waals surface area contributed by atoms with Gasteiger partial charge in [0.1, 0.15) is 11.9 Å². The molecule has 1 amide bonds. The molecular formula is C14H16FNO4. The van der Waals surface area contributed by atoms with E-state index in [1.165, 1.54) is 6.07 Å². The Balaban J connectivity index is 1.95. The molecule has 3 atom stereocenters. The first-order chi connectivity index (χ1) is 9.49. The van der Waals surface area contributed by atoms with Crippen molar-refractivity contribution in [1.82, 2.24) is 5.32 Å². The van der Waals surface area contributed by atoms with Gasteiger partial charge in [0, 0.05) is 5.56 Å². The van der Waals surface area contributed by atoms with Gasteiger partial charge in [-0.3, -0.25) is 4.79 Å². The SMILES string of the molecule is CC(NC(=O)[C@@H]1CC[C@H](C(=O)O)O1)c1ccccc1F. The molecule has 108 valence electrons. The second kappa shape index (κ2) is 6.00. The number of amides is 1. The normalized spacial score (nSPS) is 23.3. The number of carbonyl (C=O) groups excluding carboxylic acids is 1. The maximum Gasteiger partial charge on any atom is 0.332 e. The third kappa shape index (κ3) is 3.14. The average molecular weight is 281 g/mol. The van der Waals surface area contributed by atoms with E-state index in [1.807, 2.05) is 0 Å². The van der Waals surface area contributed by atoms with Crippen molar-refractivity contribution >= 4 is 11.9 Å². The molecule has 0 bridgehead atoms. The van der Waals surface area contributed by atoms with E-state index in [1.54, 1.807) is 25.1 Å². The molecule has 1 aliphatic rings. The number of carbonyl (C=O) groups is 2. The van der Waals surface area contributed by atoms with Gasteiger partial charge in [0.25, 0.3) is 0 Å². The molecule has 2 N–H and O–H groups in total. The lowest BCUT2D eigenvalue weighted by Crippen LogP contribution is -2.37. The van der Waals surface area contributed by atoms with E-state index in [0.717, 1.165) is 0 Å². The second-order valence-corrected chi connectivity index (χ2v) is 4.78. The Labute approximate surface area is 115 Å². The maximum atomic E-state index is 13.6. The number of rotatable bonds is 4. The predicted molar refractivity (Wildman–Crippen MR) is 68.5 cm³/mol. The van der Waals surface area contributed by atoms with Gasteiger partial charge in [-0.2, -0.15) is 0 Å². The first kappa shape index (κ1) is 14.5. The number of hydrogen-bond acceptors (Lipinski definition) is 3. The van der Waals surface area contributed by atoms with E-state index < -0.39 is 35.9 Å². The summed E-state index contributed by atoms with van der Waals surface area (Å²) in [6.45, 7) is 1.67. The Hall–Kier alpha value is -1.95. The average Bonchev–Trinajstić information content (AvgIpc) is 2.88. The van der Waals surface area contributed by atoms with E-state index >= 15 is 0 Å². The van der Waals surface area contributed by atoms with Gasteiger partial charge in [-0.1, -0.05) is 18.2 Å². The van der Waals surface area contributed by atoms with Crippen LogP contribution in [-0.2, 0) is 14.3 Å². The fourth-order valence-corrected chi connectivity index (χ4v) is 2.22. The number of nitrogens with one attached hydrogen (secondary N) is 1. The van der Waals surface area contributed by atoms with E-state index in [-0.39, 0.29) is 0 Å². The number of halogens is 1. The predicted octanol–water partition coefficient (Wildman–Crippen LogP) is 1.64. The third-order valence-electron chi connectivity index (χ3n) is 3.32. The van der Waals surface area contributed by atoms with E-state index in [2.05, 4.69) is 5.32 Å². The van der Waals surface area contributed by atoms with Crippen molar-refractivity contribution in [3.63, 3.8) is 0 Å². The summed E-state index contributed by atoms with van der Waals surface area (Å²) >= 11 is 0. The lowest BCUT2D eigenvalue weighted by Gasteiger charge is -2.18. The quantitative estimate of drug-likeness (QED) is 0.879. The first-order valence-corrected chi connectivity index (χ1v) is 6.42. The summed E-state index contributed by atoms with van der Waals surface area (Å²) in [7, 11) is 0. The molecule has 0 spiro atoms. The molecule has 1 heterocycles. The monoisotopic (exact) mass is 281 g/mol. The third-order valence-corrected chi connectivity index (χ3v) is 3.32. The molecule has 1 aromatic carbocycles. The minimum absolute atomic E-state index is 0.307. The number of aliphatic carboxylic acids is 1. The molecule has 6 heteroatoms. The number of carboxylic acid groups (broad SMARTS) is 1. The van der Waals surface area contributed by atoms with Gasteiger partial charge in [-0.05, 0) is 25.8 Å². The van der Waals surface area contributed by atoms with Gasteiger partial charge in [-0.25, -0.2) is 9.18 Å². The lowest BCUT2D eigenvalue weighted by molar-refractivity contribution is -0.151. The lowest BCUT2D eigenvalue weighted by atomic mass is 10.1. The molecular weight excluding hydrogens is 265 g/mol. The second-order valence-electron chi connectivity index (χ2n) is 4.78. The Morgan fingerprint density at radius 2 is 2.00 bits per heavy atom. The highest BCUT2D eigenvalue weighted by Crippen LogP contribution is 2.22. The summed E-state index contributed by atoms with van der Waals surface area (Å²) < 4.78 is 18.7. The summed E-state index contributed by atoms with van der Waals surface area (Å²) in [6, 6.07) is 5.68. The Morgan fingerprint density at radius 3 is 2.60 bits per heavy atom. The summed E-state index contributed by atoms with van der Waals surface area (Å²) in [5, 5.41) is 11.4. The van der Waals surface area contributed by atoms with Crippen LogP contribution in [0.4, 0.5) is 4.39 Å². The van der Waals surface area contributed by atoms with Gasteiger partial charge >= 0.3 is 5.97 Å². The molecule has 2 rings (SSSR count). The van der Waals surface area contributed by atoms with Crippen molar-refractivity contribution in [2.75, 3.05) is 0 Å². The van der Waals surface area contributed by atoms with Crippen LogP contribution in [0.5, 0.6) is 0 Å². The Bertz CT molecular complexity index is 520. The molecule has 1 saturated heterocycles. The van der Waals surface area contributed by atoms with Crippen LogP contribution in [0.25, 0.3) is 0 Å². The molecule has 0 saturated carbocycles. The topological polar surface area (TPSA) is 75.6 Å². The van der Waals surface area contributed by atoms with Crippen LogP contribution in [0.2, 0.25) is 0 Å². The zero-order chi connectivity index (χ0) is 14.7. The van der Waals surface area contributed by atoms with Crippen molar-refractivity contribution in [3.05, 3.63) is 35.6 Å². The number of benzene rings is 1. The Morgan fingerprint density at radius 1 is 1.35 bits per heavy atom. The summed E-state index contributed by atoms with van der Waals surface area (Å²) in [4.78, 5) is 22.7. The zero-order valence-corrected chi connectivity index (χ0v) is 11.0. The molecule has 1 aromatic rings. The van der Waals surface area contributed by atoms with Crippen molar-refractivity contribution in [1.29, 1.82) is 0 Å². The fourth-order valence-electron chi connectivity index (χ4n) is 2.22. The number of carboxylic acids is 1. The molecule has 0 aromatic heterocycles. The van der Waals surface area contributed by atoms with Gasteiger partial charge in [0.15, 0.2) is 6.10 Å². The van der Waals surface area contributed by atoms with E-state index in [0.29, 0.717) is 18.4 Å². The fraction of sp³-hybridized carbons (Fsp3) is 0.429. The van der Waals surface area contributed by atoms with E-state index in [9.17, 15) is 14.0 Å². The zero-order valence-electron chi connectivity index (χ0n) is 11.0. The molecule has 20 heavy (non-hydrogen) atoms. The van der Waals surface area contributed by atoms with Crippen LogP contribution < -0.4 is 5.32 Å². The molecule has 1 unspecified atom stereocenters. The van der Waals surface area contributed by atoms with E-state index in [4.69, 9.17) is 9.84 Å². The maximum absolute atomic E-state index is 13.6. The smallest absolute Gasteiger partial charge is 0.332 e. The summed E-state index contributed by atoms with van der Waals surface area (Å²) in [5.74, 6) is -1.87. The van der Waals surface area contributed by atoms with Crippen LogP contribution in [0, 0.1) is 5.82 Å². The highest BCUT2D eigenvalue weighted by atomic mass is 19.1. The van der Waals surface area contributed by atoms with Crippen LogP contribution in [0.1, 0.15) is 31.4 Å². The van der Waals surface area contributed by atoms with Crippen LogP contribution in [-0.4, -0.2) is 29.2 Å². The van der Waals surface area contributed by atoms with Crippen LogP contribution in [0.3, 0.4) is 0 Å². The minimum Gasteiger partial charge on any atom is -0.479 e. The van der Waals surface area contributed by atoms with Crippen LogP contribution >= 0.6 is 0 Å². The van der Waals surface area contributed by atoms with Gasteiger partial charge in [-0.15, -0.1) is 0 Å². The number of ether oxygens (including phenoxy) is 1. The first-order valence-electron chi connectivity index (χ1n) is 6.42. The largest absolute Gasteiger partial charge is 0.479 e. The van der Waals surface area contributed by atoms with Crippen molar-refractivity contribution < 1.29 is 23.8 Å². The molecule has 1 aliphatic heterocycles. The molecule has 5 nitrogen and oxygen atoms in total. The standard InChI is InChI=1S/C14H16FNO4/c1-8(9-4-2-3-5-10(9)15)16-13(17)11-6-7-12(20-11)14(18)19/h2-5,8,11-12H,6-7H2,1H3,(H,16,17)(H,18,19)/t8?,11-,12+/m0/s1. The molecule has 1 fully saturated rings. The van der Waals surface area contributed by atoms with Gasteiger partial charge < -0.3 is 15.2 Å². The molecule has 0 radical (unpaired) electrons. The van der Waals surface area contributed by atoms with Gasteiger partial charge in [0.05, 0.1) is 6.04 Å². The summed E-state index contributed by atoms with van der Waals surface area (Å²) in [6.07, 6.45) is -1.06. The van der Waals surface area contributed by atoms with Crippen molar-refractivity contribution in [3.8, 4) is 0 Å². The van der Waals surface area contributed by atoms with Crippen LogP contribution in [0.15, 0.2) is 24.3 Å². The minimum atomic E-state index is -1.07. The summed E-state index contributed by atoms with van der Waals surface area (Å²) in [5.41, 5.74) is 0.383. The number of hydrogen-bond donors (Lipinski definition) is 2. The van der Waals surface area contributed by atoms with Crippen molar-refractivity contribution in [2.24, 2.45) is 0 Å².